The molecule has 2 aromatic rings. The van der Waals surface area contributed by atoms with Crippen LogP contribution in [0.25, 0.3) is 0 Å². The second-order valence-corrected chi connectivity index (χ2v) is 9.82. The molecule has 1 N–H and O–H groups in total. The first-order chi connectivity index (χ1) is 13.2. The van der Waals surface area contributed by atoms with Gasteiger partial charge in [-0.15, -0.1) is 9.36 Å². The summed E-state index contributed by atoms with van der Waals surface area (Å²) in [5.74, 6) is -0.294. The molecule has 2 aliphatic heterocycles. The third-order valence-electron chi connectivity index (χ3n) is 5.46. The number of aryl methyl sites for hydroxylation is 1. The van der Waals surface area contributed by atoms with E-state index in [0.29, 0.717) is 12.4 Å². The van der Waals surface area contributed by atoms with Crippen molar-refractivity contribution in [3.8, 4) is 0 Å². The van der Waals surface area contributed by atoms with E-state index in [1.54, 1.807) is 10.9 Å². The van der Waals surface area contributed by atoms with Gasteiger partial charge in [0.2, 0.25) is 5.03 Å². The molecule has 2 aliphatic rings. The van der Waals surface area contributed by atoms with Crippen molar-refractivity contribution in [3.05, 3.63) is 35.1 Å². The van der Waals surface area contributed by atoms with Gasteiger partial charge in [-0.25, -0.2) is 9.71 Å². The number of nitrogens with zero attached hydrogens (tertiary/aromatic N) is 4. The molecule has 28 heavy (non-hydrogen) atoms. The van der Waals surface area contributed by atoms with Crippen molar-refractivity contribution >= 4 is 33.3 Å². The standard InChI is InChI=1S/C18H22ClN5O3S/c1-18(2)8-3-10-23(18)16-13(5-6-14(19)20-16)17(25)21-28(26,27)15-7-12-22-9-4-11-24(15)22/h5-7,12H,3-4,8-11H2,1-2H3/p+1. The zero-order chi connectivity index (χ0) is 20.1. The van der Waals surface area contributed by atoms with Gasteiger partial charge in [0.25, 0.3) is 15.9 Å². The number of hydrogen-bond acceptors (Lipinski definition) is 5. The van der Waals surface area contributed by atoms with Gasteiger partial charge in [0.15, 0.2) is 12.7 Å². The van der Waals surface area contributed by atoms with Gasteiger partial charge in [-0.2, -0.15) is 8.42 Å². The number of halogens is 1. The van der Waals surface area contributed by atoms with Crippen molar-refractivity contribution in [2.45, 2.75) is 56.8 Å². The summed E-state index contributed by atoms with van der Waals surface area (Å²) in [5.41, 5.74) is 0.00807. The van der Waals surface area contributed by atoms with Gasteiger partial charge >= 0.3 is 0 Å². The van der Waals surface area contributed by atoms with Crippen molar-refractivity contribution in [1.82, 2.24) is 14.4 Å². The minimum absolute atomic E-state index is 0.0864. The lowest BCUT2D eigenvalue weighted by Crippen LogP contribution is -2.41. The first kappa shape index (κ1) is 19.2. The van der Waals surface area contributed by atoms with Gasteiger partial charge in [0.05, 0.1) is 12.1 Å². The topological polar surface area (TPSA) is 88.2 Å². The fourth-order valence-electron chi connectivity index (χ4n) is 4.03. The van der Waals surface area contributed by atoms with Crippen LogP contribution >= 0.6 is 11.6 Å². The molecule has 4 rings (SSSR count). The lowest BCUT2D eigenvalue weighted by Gasteiger charge is -2.33. The second kappa shape index (κ2) is 6.73. The molecule has 1 fully saturated rings. The maximum atomic E-state index is 12.9. The normalized spacial score (nSPS) is 18.3. The van der Waals surface area contributed by atoms with Crippen molar-refractivity contribution in [2.24, 2.45) is 0 Å². The Hall–Kier alpha value is -2.13. The molecule has 0 atom stereocenters. The molecule has 0 unspecified atom stereocenters. The first-order valence-electron chi connectivity index (χ1n) is 9.30. The van der Waals surface area contributed by atoms with Gasteiger partial charge in [-0.1, -0.05) is 11.6 Å². The van der Waals surface area contributed by atoms with Gasteiger partial charge in [0.1, 0.15) is 11.0 Å². The van der Waals surface area contributed by atoms with Crippen LogP contribution in [-0.2, 0) is 23.1 Å². The number of nitrogens with one attached hydrogen (secondary N) is 1. The van der Waals surface area contributed by atoms with E-state index >= 15 is 0 Å². The smallest absolute Gasteiger partial charge is 0.285 e. The zero-order valence-corrected chi connectivity index (χ0v) is 17.4. The molecular formula is C18H23ClN5O3S+. The highest BCUT2D eigenvalue weighted by atomic mass is 35.5. The summed E-state index contributed by atoms with van der Waals surface area (Å²) in [4.78, 5) is 19.3. The van der Waals surface area contributed by atoms with Gasteiger partial charge < -0.3 is 4.90 Å². The molecule has 2 aromatic heterocycles. The highest BCUT2D eigenvalue weighted by Crippen LogP contribution is 2.35. The molecule has 1 saturated heterocycles. The molecule has 150 valence electrons. The van der Waals surface area contributed by atoms with Gasteiger partial charge in [-0.3, -0.25) is 4.79 Å². The molecule has 1 amide bonds. The number of pyridine rings is 1. The van der Waals surface area contributed by atoms with Crippen LogP contribution < -0.4 is 14.3 Å². The van der Waals surface area contributed by atoms with E-state index in [-0.39, 0.29) is 21.3 Å². The highest BCUT2D eigenvalue weighted by molar-refractivity contribution is 7.90. The van der Waals surface area contributed by atoms with Crippen molar-refractivity contribution in [1.29, 1.82) is 0 Å². The van der Waals surface area contributed by atoms with E-state index < -0.39 is 15.9 Å². The number of carbonyl (C=O) groups is 1. The van der Waals surface area contributed by atoms with Crippen molar-refractivity contribution in [2.75, 3.05) is 11.4 Å². The van der Waals surface area contributed by atoms with Crippen LogP contribution in [0.15, 0.2) is 29.4 Å². The van der Waals surface area contributed by atoms with Crippen LogP contribution in [0.2, 0.25) is 5.15 Å². The maximum Gasteiger partial charge on any atom is 0.285 e. The van der Waals surface area contributed by atoms with E-state index in [4.69, 9.17) is 11.6 Å². The molecule has 0 aliphatic carbocycles. The molecule has 0 saturated carbocycles. The van der Waals surface area contributed by atoms with E-state index in [1.165, 1.54) is 18.2 Å². The fourth-order valence-corrected chi connectivity index (χ4v) is 5.34. The molecule has 4 heterocycles. The predicted molar refractivity (Wildman–Crippen MR) is 104 cm³/mol. The Bertz CT molecular complexity index is 1050. The molecule has 10 heteroatoms. The lowest BCUT2D eigenvalue weighted by atomic mass is 10.0. The Morgan fingerprint density at radius 2 is 2.04 bits per heavy atom. The molecule has 8 nitrogen and oxygen atoms in total. The first-order valence-corrected chi connectivity index (χ1v) is 11.2. The van der Waals surface area contributed by atoms with Gasteiger partial charge in [-0.05, 0) is 38.8 Å². The highest BCUT2D eigenvalue weighted by Gasteiger charge is 2.36. The summed E-state index contributed by atoms with van der Waals surface area (Å²) >= 11 is 6.08. The summed E-state index contributed by atoms with van der Waals surface area (Å²) in [5, 5.41) is 0.348. The number of carbonyl (C=O) groups excluding carboxylic acids is 1. The van der Waals surface area contributed by atoms with E-state index in [2.05, 4.69) is 23.6 Å². The van der Waals surface area contributed by atoms with Crippen LogP contribution in [0.1, 0.15) is 43.5 Å². The number of rotatable bonds is 4. The molecule has 0 radical (unpaired) electrons. The number of fused-ring (bicyclic) bond motifs is 1. The lowest BCUT2D eigenvalue weighted by molar-refractivity contribution is -0.760. The predicted octanol–water partition coefficient (Wildman–Crippen LogP) is 1.73. The molecule has 0 spiro atoms. The SMILES string of the molecule is CC1(C)CCCN1c1nc(Cl)ccc1C(=O)NS(=O)(=O)c1cc[n+]2n1CCC2. The molecule has 0 aromatic carbocycles. The Labute approximate surface area is 169 Å². The average molecular weight is 425 g/mol. The van der Waals surface area contributed by atoms with E-state index in [9.17, 15) is 13.2 Å². The van der Waals surface area contributed by atoms with E-state index in [1.807, 2.05) is 9.58 Å². The van der Waals surface area contributed by atoms with Crippen LogP contribution in [0, 0.1) is 0 Å². The number of hydrogen-bond donors (Lipinski definition) is 1. The summed E-state index contributed by atoms with van der Waals surface area (Å²) in [6.07, 6.45) is 4.50. The average Bonchev–Trinajstić information content (AvgIpc) is 3.28. The zero-order valence-electron chi connectivity index (χ0n) is 15.9. The van der Waals surface area contributed by atoms with Crippen molar-refractivity contribution < 1.29 is 17.9 Å². The minimum atomic E-state index is -4.01. The number of aromatic nitrogens is 3. The summed E-state index contributed by atoms with van der Waals surface area (Å²) in [7, 11) is -4.01. The third kappa shape index (κ3) is 3.26. The quantitative estimate of drug-likeness (QED) is 0.596. The summed E-state index contributed by atoms with van der Waals surface area (Å²) in [6.45, 7) is 6.24. The van der Waals surface area contributed by atoms with Crippen LogP contribution in [-0.4, -0.2) is 36.1 Å². The van der Waals surface area contributed by atoms with Crippen molar-refractivity contribution in [3.63, 3.8) is 0 Å². The summed E-state index contributed by atoms with van der Waals surface area (Å²) in [6, 6.07) is 4.54. The summed E-state index contributed by atoms with van der Waals surface area (Å²) < 4.78 is 31.4. The monoisotopic (exact) mass is 424 g/mol. The Morgan fingerprint density at radius 3 is 2.75 bits per heavy atom. The Morgan fingerprint density at radius 1 is 1.25 bits per heavy atom. The third-order valence-corrected chi connectivity index (χ3v) is 7.02. The molecule has 0 bridgehead atoms. The van der Waals surface area contributed by atoms with Crippen LogP contribution in [0.5, 0.6) is 0 Å². The van der Waals surface area contributed by atoms with Gasteiger partial charge in [0, 0.05) is 24.6 Å². The number of anilines is 1. The number of amides is 1. The fraction of sp³-hybridized carbons (Fsp3) is 0.500. The largest absolute Gasteiger partial charge is 0.351 e. The van der Waals surface area contributed by atoms with Crippen LogP contribution in [0.3, 0.4) is 0 Å². The number of sulfonamides is 1. The Balaban J connectivity index is 1.67. The second-order valence-electron chi connectivity index (χ2n) is 7.80. The maximum absolute atomic E-state index is 12.9. The Kier molecular flexibility index (Phi) is 4.62. The van der Waals surface area contributed by atoms with E-state index in [0.717, 1.165) is 32.4 Å². The molecular weight excluding hydrogens is 402 g/mol. The van der Waals surface area contributed by atoms with Crippen LogP contribution in [0.4, 0.5) is 5.82 Å². The minimum Gasteiger partial charge on any atom is -0.351 e.